The van der Waals surface area contributed by atoms with Crippen LogP contribution in [0.3, 0.4) is 0 Å². The highest BCUT2D eigenvalue weighted by Gasteiger charge is 2.20. The van der Waals surface area contributed by atoms with E-state index in [1.807, 2.05) is 0 Å². The first-order chi connectivity index (χ1) is 8.84. The number of hydrogen-bond donors (Lipinski definition) is 0. The molecule has 0 spiro atoms. The average Bonchev–Trinajstić information content (AvgIpc) is 2.34. The molecule has 0 radical (unpaired) electrons. The van der Waals surface area contributed by atoms with Crippen molar-refractivity contribution < 1.29 is 4.74 Å². The summed E-state index contributed by atoms with van der Waals surface area (Å²) in [6.07, 6.45) is 19.3. The summed E-state index contributed by atoms with van der Waals surface area (Å²) in [5.41, 5.74) is 0. The zero-order valence-corrected chi connectivity index (χ0v) is 12.1. The summed E-state index contributed by atoms with van der Waals surface area (Å²) < 4.78 is 6.16. The lowest BCUT2D eigenvalue weighted by Gasteiger charge is -2.28. The van der Waals surface area contributed by atoms with Crippen molar-refractivity contribution in [3.05, 3.63) is 11.8 Å². The number of hydrogen-bond acceptors (Lipinski definition) is 1. The molecule has 2 aliphatic heterocycles. The molecule has 0 aromatic heterocycles. The number of fused-ring (bicyclic) bond motifs is 2. The predicted molar refractivity (Wildman–Crippen MR) is 77.5 cm³/mol. The third-order valence-corrected chi connectivity index (χ3v) is 4.37. The third kappa shape index (κ3) is 5.04. The van der Waals surface area contributed by atoms with Gasteiger partial charge in [0.2, 0.25) is 0 Å². The highest BCUT2D eigenvalue weighted by molar-refractivity contribution is 5.01. The molecule has 1 nitrogen and oxygen atoms in total. The molecule has 2 rings (SSSR count). The zero-order chi connectivity index (χ0) is 12.6. The van der Waals surface area contributed by atoms with Gasteiger partial charge in [0.25, 0.3) is 0 Å². The largest absolute Gasteiger partial charge is 0.495 e. The van der Waals surface area contributed by atoms with E-state index >= 15 is 0 Å². The van der Waals surface area contributed by atoms with Crippen LogP contribution in [-0.4, -0.2) is 6.10 Å². The van der Waals surface area contributed by atoms with Crippen molar-refractivity contribution in [3.8, 4) is 0 Å². The highest BCUT2D eigenvalue weighted by atomic mass is 16.5. The smallest absolute Gasteiger partial charge is 0.0987 e. The molecule has 0 aliphatic carbocycles. The Hall–Kier alpha value is -0.460. The fourth-order valence-electron chi connectivity index (χ4n) is 3.33. The van der Waals surface area contributed by atoms with Crippen molar-refractivity contribution in [2.45, 2.75) is 90.1 Å². The van der Waals surface area contributed by atoms with Crippen LogP contribution in [0.15, 0.2) is 11.8 Å². The van der Waals surface area contributed by atoms with E-state index in [1.165, 1.54) is 82.8 Å². The summed E-state index contributed by atoms with van der Waals surface area (Å²) >= 11 is 0. The van der Waals surface area contributed by atoms with Gasteiger partial charge in [-0.2, -0.15) is 0 Å². The van der Waals surface area contributed by atoms with Crippen molar-refractivity contribution in [3.63, 3.8) is 0 Å². The monoisotopic (exact) mass is 250 g/mol. The van der Waals surface area contributed by atoms with E-state index in [4.69, 9.17) is 4.74 Å². The minimum absolute atomic E-state index is 0.517. The van der Waals surface area contributed by atoms with Crippen molar-refractivity contribution >= 4 is 0 Å². The minimum atomic E-state index is 0.517. The first kappa shape index (κ1) is 14.0. The summed E-state index contributed by atoms with van der Waals surface area (Å²) in [4.78, 5) is 0. The van der Waals surface area contributed by atoms with Gasteiger partial charge in [-0.1, -0.05) is 51.9 Å². The molecule has 0 amide bonds. The molecular formula is C17H30O. The summed E-state index contributed by atoms with van der Waals surface area (Å²) in [5.74, 6) is 2.03. The molecular weight excluding hydrogens is 220 g/mol. The van der Waals surface area contributed by atoms with Crippen LogP contribution in [0.5, 0.6) is 0 Å². The van der Waals surface area contributed by atoms with Gasteiger partial charge in [0.15, 0.2) is 0 Å². The molecule has 1 fully saturated rings. The molecule has 1 heteroatoms. The van der Waals surface area contributed by atoms with E-state index in [2.05, 4.69) is 13.0 Å². The Kier molecular flexibility index (Phi) is 6.10. The Labute approximate surface area is 113 Å². The number of allylic oxidation sites excluding steroid dienone is 2. The molecule has 0 aromatic rings. The lowest BCUT2D eigenvalue weighted by molar-refractivity contribution is 0.0658. The zero-order valence-electron chi connectivity index (χ0n) is 12.1. The Morgan fingerprint density at radius 3 is 2.22 bits per heavy atom. The second-order valence-corrected chi connectivity index (χ2v) is 6.31. The van der Waals surface area contributed by atoms with Crippen LogP contribution in [0.2, 0.25) is 0 Å². The van der Waals surface area contributed by atoms with E-state index in [9.17, 15) is 0 Å². The molecule has 2 bridgehead atoms. The molecule has 0 aromatic carbocycles. The molecule has 2 atom stereocenters. The van der Waals surface area contributed by atoms with Gasteiger partial charge in [0.05, 0.1) is 11.9 Å². The van der Waals surface area contributed by atoms with Gasteiger partial charge in [-0.05, 0) is 37.7 Å². The summed E-state index contributed by atoms with van der Waals surface area (Å²) in [6.45, 7) is 2.35. The van der Waals surface area contributed by atoms with Crippen LogP contribution in [-0.2, 0) is 4.74 Å². The Morgan fingerprint density at radius 2 is 1.50 bits per heavy atom. The Bertz CT molecular complexity index is 256. The molecule has 1 saturated heterocycles. The van der Waals surface area contributed by atoms with E-state index < -0.39 is 0 Å². The van der Waals surface area contributed by atoms with Gasteiger partial charge in [-0.15, -0.1) is 0 Å². The Balaban J connectivity index is 1.84. The maximum absolute atomic E-state index is 6.16. The van der Waals surface area contributed by atoms with Crippen LogP contribution in [0.4, 0.5) is 0 Å². The van der Waals surface area contributed by atoms with Crippen molar-refractivity contribution in [1.29, 1.82) is 0 Å². The predicted octanol–water partition coefficient (Wildman–Crippen LogP) is 5.60. The van der Waals surface area contributed by atoms with Gasteiger partial charge in [-0.25, -0.2) is 0 Å². The van der Waals surface area contributed by atoms with Crippen LogP contribution in [0.25, 0.3) is 0 Å². The molecule has 18 heavy (non-hydrogen) atoms. The average molecular weight is 250 g/mol. The van der Waals surface area contributed by atoms with E-state index in [1.54, 1.807) is 0 Å². The first-order valence-corrected chi connectivity index (χ1v) is 8.22. The quantitative estimate of drug-likeness (QED) is 0.543. The van der Waals surface area contributed by atoms with Crippen molar-refractivity contribution in [2.75, 3.05) is 0 Å². The van der Waals surface area contributed by atoms with Crippen LogP contribution >= 0.6 is 0 Å². The standard InChI is InChI=1S/C17H30O/c1-15-13-16-11-9-7-5-3-2-4-6-8-10-12-17(14-15)18-16/h13,15,17H,2-12,14H2,1H3. The molecule has 2 heterocycles. The minimum Gasteiger partial charge on any atom is -0.495 e. The molecule has 2 aliphatic rings. The molecule has 104 valence electrons. The fourth-order valence-corrected chi connectivity index (χ4v) is 3.33. The van der Waals surface area contributed by atoms with E-state index in [0.717, 1.165) is 5.92 Å². The van der Waals surface area contributed by atoms with Gasteiger partial charge in [0.1, 0.15) is 0 Å². The molecule has 0 N–H and O–H groups in total. The fraction of sp³-hybridized carbons (Fsp3) is 0.882. The maximum atomic E-state index is 6.16. The van der Waals surface area contributed by atoms with Gasteiger partial charge >= 0.3 is 0 Å². The van der Waals surface area contributed by atoms with Crippen LogP contribution in [0.1, 0.15) is 84.0 Å². The lowest BCUT2D eigenvalue weighted by Crippen LogP contribution is -2.21. The molecule has 0 saturated carbocycles. The second-order valence-electron chi connectivity index (χ2n) is 6.31. The highest BCUT2D eigenvalue weighted by Crippen LogP contribution is 2.28. The van der Waals surface area contributed by atoms with E-state index in [-0.39, 0.29) is 0 Å². The number of ether oxygens (including phenoxy) is 1. The van der Waals surface area contributed by atoms with Gasteiger partial charge < -0.3 is 4.74 Å². The molecule has 2 unspecified atom stereocenters. The normalized spacial score (nSPS) is 31.9. The third-order valence-electron chi connectivity index (χ3n) is 4.37. The summed E-state index contributed by atoms with van der Waals surface area (Å²) in [5, 5.41) is 0. The summed E-state index contributed by atoms with van der Waals surface area (Å²) in [6, 6.07) is 0. The van der Waals surface area contributed by atoms with Crippen molar-refractivity contribution in [1.82, 2.24) is 0 Å². The van der Waals surface area contributed by atoms with Crippen LogP contribution < -0.4 is 0 Å². The topological polar surface area (TPSA) is 9.23 Å². The maximum Gasteiger partial charge on any atom is 0.0987 e. The second kappa shape index (κ2) is 7.86. The van der Waals surface area contributed by atoms with Crippen LogP contribution in [0, 0.1) is 5.92 Å². The summed E-state index contributed by atoms with van der Waals surface area (Å²) in [7, 11) is 0. The SMILES string of the molecule is CC1C=C2CCCCCCCCCCCC(C1)O2. The lowest BCUT2D eigenvalue weighted by atomic mass is 9.94. The van der Waals surface area contributed by atoms with Gasteiger partial charge in [-0.3, -0.25) is 0 Å². The Morgan fingerprint density at radius 1 is 0.889 bits per heavy atom. The van der Waals surface area contributed by atoms with Crippen molar-refractivity contribution in [2.24, 2.45) is 5.92 Å². The van der Waals surface area contributed by atoms with E-state index in [0.29, 0.717) is 6.10 Å². The van der Waals surface area contributed by atoms with Gasteiger partial charge in [0, 0.05) is 6.42 Å². The number of rotatable bonds is 0. The first-order valence-electron chi connectivity index (χ1n) is 8.22.